The molecule has 9 nitrogen and oxygen atoms in total. The van der Waals surface area contributed by atoms with E-state index < -0.39 is 5.60 Å². The van der Waals surface area contributed by atoms with Crippen LogP contribution in [0, 0.1) is 5.92 Å². The highest BCUT2D eigenvalue weighted by Gasteiger charge is 2.35. The van der Waals surface area contributed by atoms with Gasteiger partial charge in [-0.2, -0.15) is 0 Å². The maximum absolute atomic E-state index is 12.5. The maximum atomic E-state index is 12.5. The average molecular weight is 477 g/mol. The number of aryl methyl sites for hydroxylation is 1. The summed E-state index contributed by atoms with van der Waals surface area (Å²) in [6.07, 6.45) is 2.03. The van der Waals surface area contributed by atoms with Crippen LogP contribution in [0.5, 0.6) is 11.5 Å². The van der Waals surface area contributed by atoms with Gasteiger partial charge in [-0.25, -0.2) is 9.78 Å². The number of ether oxygens (including phenoxy) is 3. The first kappa shape index (κ1) is 27.2. The minimum atomic E-state index is -0.517. The number of likely N-dealkylation sites (tertiary alicyclic amines) is 1. The molecule has 1 aromatic carbocycles. The highest BCUT2D eigenvalue weighted by molar-refractivity contribution is 5.86. The zero-order valence-corrected chi connectivity index (χ0v) is 20.8. The quantitative estimate of drug-likeness (QED) is 0.604. The van der Waals surface area contributed by atoms with Gasteiger partial charge in [-0.3, -0.25) is 4.79 Å². The van der Waals surface area contributed by atoms with Gasteiger partial charge in [0, 0.05) is 23.5 Å². The zero-order valence-electron chi connectivity index (χ0n) is 20.8. The topological polar surface area (TPSA) is 118 Å². The van der Waals surface area contributed by atoms with Crippen LogP contribution in [0.15, 0.2) is 18.2 Å². The molecular weight excluding hydrogens is 440 g/mol. The lowest BCUT2D eigenvalue weighted by Crippen LogP contribution is -2.38. The summed E-state index contributed by atoms with van der Waals surface area (Å²) in [6.45, 7) is 8.33. The van der Waals surface area contributed by atoms with Crippen molar-refractivity contribution in [3.8, 4) is 11.5 Å². The number of carbonyl (C=O) groups is 2. The van der Waals surface area contributed by atoms with Crippen LogP contribution < -0.4 is 4.74 Å². The molecule has 1 aliphatic heterocycles. The molecule has 1 saturated heterocycles. The van der Waals surface area contributed by atoms with E-state index >= 15 is 0 Å². The fraction of sp³-hybridized carbons (Fsp3) is 0.560. The second kappa shape index (κ2) is 11.9. The Morgan fingerprint density at radius 3 is 2.53 bits per heavy atom. The van der Waals surface area contributed by atoms with Crippen molar-refractivity contribution in [2.45, 2.75) is 65.2 Å². The Morgan fingerprint density at radius 1 is 1.29 bits per heavy atom. The third-order valence-corrected chi connectivity index (χ3v) is 5.68. The molecule has 0 aliphatic carbocycles. The summed E-state index contributed by atoms with van der Waals surface area (Å²) in [5.41, 5.74) is 1.23. The van der Waals surface area contributed by atoms with E-state index in [1.165, 1.54) is 7.11 Å². The van der Waals surface area contributed by atoms with Gasteiger partial charge >= 0.3 is 6.09 Å². The van der Waals surface area contributed by atoms with Crippen LogP contribution in [-0.4, -0.2) is 65.1 Å². The molecule has 188 valence electrons. The fourth-order valence-corrected chi connectivity index (χ4v) is 4.12. The number of nitrogens with zero attached hydrogens (tertiary/aromatic N) is 2. The number of aromatic nitrogens is 1. The first-order chi connectivity index (χ1) is 16.0. The number of benzene rings is 1. The number of methoxy groups -OCH3 is 2. The predicted octanol–water partition coefficient (Wildman–Crippen LogP) is 3.81. The summed E-state index contributed by atoms with van der Waals surface area (Å²) in [4.78, 5) is 27.6. The van der Waals surface area contributed by atoms with Gasteiger partial charge in [0.15, 0.2) is 0 Å². The van der Waals surface area contributed by atoms with Gasteiger partial charge in [0.1, 0.15) is 22.8 Å². The Balaban J connectivity index is 0.000000945. The monoisotopic (exact) mass is 476 g/mol. The summed E-state index contributed by atoms with van der Waals surface area (Å²) in [6, 6.07) is 5.62. The van der Waals surface area contributed by atoms with Crippen molar-refractivity contribution < 1.29 is 34.0 Å². The molecule has 2 N–H and O–H groups in total. The molecule has 1 aromatic heterocycles. The maximum Gasteiger partial charge on any atom is 0.410 e. The standard InChI is InChI=1S/C23H32N2O5.C2H4O2/c1-14-10-15(12-25(14)22(28)30-23(2,3)4)6-8-17-18-11-16(29-5)7-9-19(18)24-20(13-26)21(17)27;1-4-2-3/h7,9,11,14-15,26-27H,6,8,10,12-13H2,1-5H3;2H,1H3. The molecule has 0 saturated carbocycles. The fourth-order valence-electron chi connectivity index (χ4n) is 4.12. The van der Waals surface area contributed by atoms with E-state index in [0.29, 0.717) is 36.6 Å². The summed E-state index contributed by atoms with van der Waals surface area (Å²) in [7, 11) is 2.91. The second-order valence-corrected chi connectivity index (χ2v) is 9.38. The van der Waals surface area contributed by atoms with Crippen molar-refractivity contribution in [3.63, 3.8) is 0 Å². The lowest BCUT2D eigenvalue weighted by molar-refractivity contribution is -0.126. The van der Waals surface area contributed by atoms with Crippen molar-refractivity contribution in [2.24, 2.45) is 5.92 Å². The molecule has 3 rings (SSSR count). The highest BCUT2D eigenvalue weighted by Crippen LogP contribution is 2.35. The number of hydrogen-bond acceptors (Lipinski definition) is 8. The SMILES string of the molecule is COC=O.COc1ccc2nc(CO)c(O)c(CCC3CC(C)N(C(=O)OC(C)(C)C)C3)c2c1. The van der Waals surface area contributed by atoms with Crippen LogP contribution in [0.2, 0.25) is 0 Å². The Labute approximate surface area is 200 Å². The number of aromatic hydroxyl groups is 1. The van der Waals surface area contributed by atoms with Gasteiger partial charge in [0.2, 0.25) is 0 Å². The van der Waals surface area contributed by atoms with Crippen molar-refractivity contribution >= 4 is 23.5 Å². The first-order valence-electron chi connectivity index (χ1n) is 11.3. The van der Waals surface area contributed by atoms with Gasteiger partial charge in [-0.1, -0.05) is 0 Å². The Morgan fingerprint density at radius 2 is 1.97 bits per heavy atom. The Bertz CT molecular complexity index is 987. The number of fused-ring (bicyclic) bond motifs is 1. The molecule has 0 bridgehead atoms. The van der Waals surface area contributed by atoms with Gasteiger partial charge in [-0.15, -0.1) is 0 Å². The molecule has 0 spiro atoms. The Kier molecular flexibility index (Phi) is 9.49. The smallest absolute Gasteiger partial charge is 0.410 e. The third-order valence-electron chi connectivity index (χ3n) is 5.68. The summed E-state index contributed by atoms with van der Waals surface area (Å²) < 4.78 is 14.7. The number of aliphatic hydroxyl groups excluding tert-OH is 1. The summed E-state index contributed by atoms with van der Waals surface area (Å²) in [5.74, 6) is 1.03. The minimum absolute atomic E-state index is 0.0355. The van der Waals surface area contributed by atoms with E-state index in [0.717, 1.165) is 23.8 Å². The molecule has 1 amide bonds. The van der Waals surface area contributed by atoms with E-state index in [1.54, 1.807) is 12.0 Å². The molecule has 2 unspecified atom stereocenters. The van der Waals surface area contributed by atoms with E-state index in [1.807, 2.05) is 45.9 Å². The largest absolute Gasteiger partial charge is 0.506 e. The van der Waals surface area contributed by atoms with Crippen molar-refractivity contribution in [1.29, 1.82) is 0 Å². The van der Waals surface area contributed by atoms with Gasteiger partial charge in [0.05, 0.1) is 26.3 Å². The number of aliphatic hydroxyl groups is 1. The number of hydrogen-bond donors (Lipinski definition) is 2. The molecule has 2 atom stereocenters. The van der Waals surface area contributed by atoms with E-state index in [2.05, 4.69) is 9.72 Å². The van der Waals surface area contributed by atoms with Crippen LogP contribution in [0.1, 0.15) is 51.8 Å². The normalized spacial score (nSPS) is 17.7. The predicted molar refractivity (Wildman–Crippen MR) is 128 cm³/mol. The number of carbonyl (C=O) groups excluding carboxylic acids is 2. The van der Waals surface area contributed by atoms with Crippen LogP contribution in [0.4, 0.5) is 4.79 Å². The molecular formula is C25H36N2O7. The van der Waals surface area contributed by atoms with Crippen LogP contribution >= 0.6 is 0 Å². The highest BCUT2D eigenvalue weighted by atomic mass is 16.6. The van der Waals surface area contributed by atoms with Crippen molar-refractivity contribution in [3.05, 3.63) is 29.5 Å². The minimum Gasteiger partial charge on any atom is -0.506 e. The summed E-state index contributed by atoms with van der Waals surface area (Å²) >= 11 is 0. The molecule has 2 heterocycles. The van der Waals surface area contributed by atoms with Crippen LogP contribution in [-0.2, 0) is 27.3 Å². The number of amides is 1. The molecule has 34 heavy (non-hydrogen) atoms. The van der Waals surface area contributed by atoms with Gasteiger partial charge < -0.3 is 29.3 Å². The van der Waals surface area contributed by atoms with Crippen LogP contribution in [0.25, 0.3) is 10.9 Å². The van der Waals surface area contributed by atoms with E-state index in [9.17, 15) is 15.0 Å². The Hall–Kier alpha value is -3.07. The lowest BCUT2D eigenvalue weighted by Gasteiger charge is -2.27. The molecule has 9 heteroatoms. The molecule has 0 radical (unpaired) electrons. The zero-order chi connectivity index (χ0) is 25.5. The first-order valence-corrected chi connectivity index (χ1v) is 11.3. The van der Waals surface area contributed by atoms with Crippen LogP contribution in [0.3, 0.4) is 0 Å². The molecule has 1 aliphatic rings. The van der Waals surface area contributed by atoms with Gasteiger partial charge in [-0.05, 0) is 71.1 Å². The second-order valence-electron chi connectivity index (χ2n) is 9.38. The van der Waals surface area contributed by atoms with Gasteiger partial charge in [0.25, 0.3) is 6.47 Å². The summed E-state index contributed by atoms with van der Waals surface area (Å²) in [5, 5.41) is 21.1. The molecule has 2 aromatic rings. The average Bonchev–Trinajstić information content (AvgIpc) is 3.17. The number of rotatable bonds is 6. The molecule has 1 fully saturated rings. The van der Waals surface area contributed by atoms with E-state index in [4.69, 9.17) is 14.3 Å². The third kappa shape index (κ3) is 6.96. The van der Waals surface area contributed by atoms with Crippen molar-refractivity contribution in [1.82, 2.24) is 9.88 Å². The lowest BCUT2D eigenvalue weighted by atomic mass is 9.94. The van der Waals surface area contributed by atoms with Crippen molar-refractivity contribution in [2.75, 3.05) is 20.8 Å². The number of pyridine rings is 1. The van der Waals surface area contributed by atoms with E-state index in [-0.39, 0.29) is 30.2 Å².